The van der Waals surface area contributed by atoms with Crippen molar-refractivity contribution in [2.45, 2.75) is 13.5 Å². The van der Waals surface area contributed by atoms with Crippen LogP contribution in [0.15, 0.2) is 70.2 Å². The van der Waals surface area contributed by atoms with Crippen LogP contribution in [0.5, 0.6) is 11.5 Å². The topological polar surface area (TPSA) is 89.0 Å². The summed E-state index contributed by atoms with van der Waals surface area (Å²) in [6, 6.07) is 16.8. The largest absolute Gasteiger partial charge is 0.493 e. The lowest BCUT2D eigenvalue weighted by molar-refractivity contribution is -0.136. The number of amides is 2. The molecule has 7 nitrogen and oxygen atoms in total. The predicted molar refractivity (Wildman–Crippen MR) is 127 cm³/mol. The number of methoxy groups -OCH3 is 1. The van der Waals surface area contributed by atoms with Gasteiger partial charge in [0.2, 0.25) is 0 Å². The molecule has 2 N–H and O–H groups in total. The highest BCUT2D eigenvalue weighted by atomic mass is 79.9. The molecule has 0 unspecified atom stereocenters. The van der Waals surface area contributed by atoms with Crippen molar-refractivity contribution in [1.29, 1.82) is 0 Å². The molecule has 0 saturated heterocycles. The molecule has 0 saturated carbocycles. The normalized spacial score (nSPS) is 10.7. The molecule has 3 aromatic rings. The minimum absolute atomic E-state index is 0.100. The number of anilines is 1. The smallest absolute Gasteiger partial charge is 0.329 e. The fourth-order valence-electron chi connectivity index (χ4n) is 2.83. The van der Waals surface area contributed by atoms with Gasteiger partial charge >= 0.3 is 11.8 Å². The van der Waals surface area contributed by atoms with Crippen molar-refractivity contribution in [2.24, 2.45) is 5.10 Å². The molecule has 0 heterocycles. The summed E-state index contributed by atoms with van der Waals surface area (Å²) < 4.78 is 25.6. The Kier molecular flexibility index (Phi) is 8.15. The number of aryl methyl sites for hydroxylation is 1. The summed E-state index contributed by atoms with van der Waals surface area (Å²) in [6.07, 6.45) is 1.34. The van der Waals surface area contributed by atoms with Crippen molar-refractivity contribution < 1.29 is 23.5 Å². The first kappa shape index (κ1) is 23.9. The lowest BCUT2D eigenvalue weighted by Crippen LogP contribution is -2.32. The Balaban J connectivity index is 1.64. The quantitative estimate of drug-likeness (QED) is 0.275. The summed E-state index contributed by atoms with van der Waals surface area (Å²) in [5.41, 5.74) is 4.75. The Labute approximate surface area is 198 Å². The van der Waals surface area contributed by atoms with Crippen molar-refractivity contribution in [1.82, 2.24) is 5.43 Å². The molecule has 0 bridgehead atoms. The summed E-state index contributed by atoms with van der Waals surface area (Å²) in [5, 5.41) is 5.96. The predicted octanol–water partition coefficient (Wildman–Crippen LogP) is 4.57. The van der Waals surface area contributed by atoms with Crippen LogP contribution in [0.1, 0.15) is 16.7 Å². The van der Waals surface area contributed by atoms with Crippen molar-refractivity contribution in [2.75, 3.05) is 12.4 Å². The molecular weight excluding hydrogens is 493 g/mol. The van der Waals surface area contributed by atoms with Gasteiger partial charge in [-0.2, -0.15) is 5.10 Å². The van der Waals surface area contributed by atoms with Crippen LogP contribution in [0, 0.1) is 12.7 Å². The maximum absolute atomic E-state index is 13.6. The number of para-hydroxylation sites is 1. The number of hydrogen-bond acceptors (Lipinski definition) is 5. The fraction of sp³-hybridized carbons (Fsp3) is 0.125. The van der Waals surface area contributed by atoms with Gasteiger partial charge in [0.15, 0.2) is 11.5 Å². The maximum atomic E-state index is 13.6. The van der Waals surface area contributed by atoms with Gasteiger partial charge in [-0.25, -0.2) is 9.82 Å². The SMILES string of the molecule is COc1cc(/C=N/NC(=O)C(=O)Nc2ccccc2F)cc(Br)c1OCc1ccccc1C. The molecule has 33 heavy (non-hydrogen) atoms. The van der Waals surface area contributed by atoms with Gasteiger partial charge in [0.25, 0.3) is 0 Å². The zero-order valence-electron chi connectivity index (χ0n) is 17.9. The number of carbonyl (C=O) groups is 2. The van der Waals surface area contributed by atoms with Gasteiger partial charge in [-0.05, 0) is 63.8 Å². The Bertz CT molecular complexity index is 1200. The Morgan fingerprint density at radius 2 is 1.82 bits per heavy atom. The molecule has 0 aromatic heterocycles. The van der Waals surface area contributed by atoms with Crippen LogP contribution < -0.4 is 20.2 Å². The zero-order valence-corrected chi connectivity index (χ0v) is 19.5. The molecule has 0 aliphatic carbocycles. The maximum Gasteiger partial charge on any atom is 0.329 e. The van der Waals surface area contributed by atoms with E-state index in [9.17, 15) is 14.0 Å². The Morgan fingerprint density at radius 1 is 1.09 bits per heavy atom. The first-order valence-electron chi connectivity index (χ1n) is 9.82. The number of nitrogens with one attached hydrogen (secondary N) is 2. The van der Waals surface area contributed by atoms with Gasteiger partial charge in [-0.3, -0.25) is 9.59 Å². The van der Waals surface area contributed by atoms with Crippen LogP contribution in [0.4, 0.5) is 10.1 Å². The Morgan fingerprint density at radius 3 is 2.55 bits per heavy atom. The molecule has 170 valence electrons. The third-order valence-electron chi connectivity index (χ3n) is 4.59. The van der Waals surface area contributed by atoms with E-state index in [2.05, 4.69) is 31.8 Å². The number of nitrogens with zero attached hydrogens (tertiary/aromatic N) is 1. The first-order valence-corrected chi connectivity index (χ1v) is 10.6. The van der Waals surface area contributed by atoms with E-state index in [1.165, 1.54) is 37.6 Å². The number of carbonyl (C=O) groups excluding carboxylic acids is 2. The summed E-state index contributed by atoms with van der Waals surface area (Å²) in [4.78, 5) is 23.8. The average molecular weight is 514 g/mol. The minimum atomic E-state index is -1.05. The lowest BCUT2D eigenvalue weighted by atomic mass is 10.1. The number of halogens is 2. The highest BCUT2D eigenvalue weighted by Gasteiger charge is 2.15. The van der Waals surface area contributed by atoms with E-state index in [1.807, 2.05) is 31.2 Å². The monoisotopic (exact) mass is 513 g/mol. The summed E-state index contributed by atoms with van der Waals surface area (Å²) in [5.74, 6) is -1.76. The average Bonchev–Trinajstić information content (AvgIpc) is 2.80. The van der Waals surface area contributed by atoms with Crippen LogP contribution in [-0.4, -0.2) is 25.1 Å². The van der Waals surface area contributed by atoms with Gasteiger partial charge in [-0.1, -0.05) is 36.4 Å². The molecule has 3 rings (SSSR count). The van der Waals surface area contributed by atoms with E-state index in [0.29, 0.717) is 28.1 Å². The molecule has 3 aromatic carbocycles. The van der Waals surface area contributed by atoms with E-state index in [0.717, 1.165) is 11.1 Å². The number of ether oxygens (including phenoxy) is 2. The van der Waals surface area contributed by atoms with Crippen molar-refractivity contribution in [3.8, 4) is 11.5 Å². The fourth-order valence-corrected chi connectivity index (χ4v) is 3.41. The second-order valence-corrected chi connectivity index (χ2v) is 7.74. The summed E-state index contributed by atoms with van der Waals surface area (Å²) in [6.45, 7) is 2.37. The van der Waals surface area contributed by atoms with Gasteiger partial charge in [0.1, 0.15) is 12.4 Å². The molecular formula is C24H21BrFN3O4. The molecule has 0 spiro atoms. The highest BCUT2D eigenvalue weighted by Crippen LogP contribution is 2.37. The van der Waals surface area contributed by atoms with Crippen LogP contribution in [0.25, 0.3) is 0 Å². The molecule has 0 aliphatic heterocycles. The molecule has 0 aliphatic rings. The molecule has 0 radical (unpaired) electrons. The van der Waals surface area contributed by atoms with Gasteiger partial charge in [0.05, 0.1) is 23.5 Å². The minimum Gasteiger partial charge on any atom is -0.493 e. The van der Waals surface area contributed by atoms with E-state index >= 15 is 0 Å². The van der Waals surface area contributed by atoms with Crippen molar-refractivity contribution in [3.05, 3.63) is 87.6 Å². The van der Waals surface area contributed by atoms with E-state index in [1.54, 1.807) is 12.1 Å². The number of hydrazone groups is 1. The van der Waals surface area contributed by atoms with Gasteiger partial charge < -0.3 is 14.8 Å². The van der Waals surface area contributed by atoms with Gasteiger partial charge in [-0.15, -0.1) is 0 Å². The first-order chi connectivity index (χ1) is 15.9. The second kappa shape index (κ2) is 11.2. The van der Waals surface area contributed by atoms with Crippen LogP contribution in [-0.2, 0) is 16.2 Å². The lowest BCUT2D eigenvalue weighted by Gasteiger charge is -2.14. The Hall–Kier alpha value is -3.72. The van der Waals surface area contributed by atoms with Crippen molar-refractivity contribution in [3.63, 3.8) is 0 Å². The molecule has 9 heteroatoms. The summed E-state index contributed by atoms with van der Waals surface area (Å²) in [7, 11) is 1.51. The van der Waals surface area contributed by atoms with Crippen LogP contribution in [0.2, 0.25) is 0 Å². The van der Waals surface area contributed by atoms with E-state index in [-0.39, 0.29) is 5.69 Å². The van der Waals surface area contributed by atoms with Crippen LogP contribution in [0.3, 0.4) is 0 Å². The third-order valence-corrected chi connectivity index (χ3v) is 5.18. The van der Waals surface area contributed by atoms with Crippen LogP contribution >= 0.6 is 15.9 Å². The molecule has 0 fully saturated rings. The number of hydrogen-bond donors (Lipinski definition) is 2. The molecule has 2 amide bonds. The van der Waals surface area contributed by atoms with E-state index in [4.69, 9.17) is 9.47 Å². The standard InChI is InChI=1S/C24H21BrFN3O4/c1-15-7-3-4-8-17(15)14-33-22-18(25)11-16(12-21(22)32-2)13-27-29-24(31)23(30)28-20-10-6-5-9-19(20)26/h3-13H,14H2,1-2H3,(H,28,30)(H,29,31)/b27-13+. The molecule has 0 atom stereocenters. The van der Waals surface area contributed by atoms with Crippen molar-refractivity contribution >= 4 is 39.6 Å². The third kappa shape index (κ3) is 6.39. The van der Waals surface area contributed by atoms with Gasteiger partial charge in [0, 0.05) is 0 Å². The second-order valence-electron chi connectivity index (χ2n) is 6.88. The number of rotatable bonds is 7. The summed E-state index contributed by atoms with van der Waals surface area (Å²) >= 11 is 3.47. The van der Waals surface area contributed by atoms with E-state index < -0.39 is 17.6 Å². The zero-order chi connectivity index (χ0) is 23.8. The highest BCUT2D eigenvalue weighted by molar-refractivity contribution is 9.10. The number of benzene rings is 3.